The molecule has 1 saturated heterocycles. The molecule has 0 aliphatic carbocycles. The summed E-state index contributed by atoms with van der Waals surface area (Å²) in [5.74, 6) is 0. The monoisotopic (exact) mass is 800 g/mol. The van der Waals surface area contributed by atoms with E-state index in [1.807, 2.05) is 0 Å². The molecule has 4 rings (SSSR count). The van der Waals surface area contributed by atoms with E-state index in [1.165, 1.54) is 47.4 Å². The maximum atomic E-state index is 13.6. The highest BCUT2D eigenvalue weighted by molar-refractivity contribution is 5.94. The Bertz CT molecular complexity index is 1690. The summed E-state index contributed by atoms with van der Waals surface area (Å²) in [5, 5.41) is 9.12. The quantitative estimate of drug-likeness (QED) is 0.0839. The number of amides is 1. The second kappa shape index (κ2) is 24.3. The van der Waals surface area contributed by atoms with E-state index in [0.717, 1.165) is 6.07 Å². The van der Waals surface area contributed by atoms with Gasteiger partial charge in [-0.1, -0.05) is 24.3 Å². The second-order valence-electron chi connectivity index (χ2n) is 11.9. The van der Waals surface area contributed by atoms with E-state index in [-0.39, 0.29) is 56.2 Å². The normalized spacial score (nSPS) is 14.4. The summed E-state index contributed by atoms with van der Waals surface area (Å²) in [6.45, 7) is 4.90. The number of alkyl halides is 3. The van der Waals surface area contributed by atoms with Gasteiger partial charge >= 0.3 is 18.4 Å². The lowest BCUT2D eigenvalue weighted by Crippen LogP contribution is -2.27. The van der Waals surface area contributed by atoms with E-state index in [4.69, 9.17) is 52.5 Å². The van der Waals surface area contributed by atoms with Crippen LogP contribution in [0.4, 0.5) is 28.4 Å². The molecule has 1 amide bonds. The first-order valence-corrected chi connectivity index (χ1v) is 17.9. The number of benzene rings is 2. The van der Waals surface area contributed by atoms with E-state index in [1.54, 1.807) is 0 Å². The van der Waals surface area contributed by atoms with Crippen molar-refractivity contribution in [1.29, 1.82) is 0 Å². The lowest BCUT2D eigenvalue weighted by molar-refractivity contribution is -0.137. The Hall–Kier alpha value is -4.34. The lowest BCUT2D eigenvalue weighted by Gasteiger charge is -2.15. The summed E-state index contributed by atoms with van der Waals surface area (Å²) in [5.41, 5.74) is -1.37. The predicted octanol–water partition coefficient (Wildman–Crippen LogP) is 3.80. The summed E-state index contributed by atoms with van der Waals surface area (Å²) in [6.07, 6.45) is -7.14. The van der Waals surface area contributed by atoms with Crippen LogP contribution in [-0.2, 0) is 53.5 Å². The molecule has 0 unspecified atom stereocenters. The number of aromatic nitrogens is 1. The first kappa shape index (κ1) is 44.4. The number of cyclic esters (lactones) is 1. The van der Waals surface area contributed by atoms with E-state index in [2.05, 4.69) is 4.98 Å². The topological polar surface area (TPSA) is 183 Å². The van der Waals surface area contributed by atoms with Gasteiger partial charge in [-0.15, -0.1) is 0 Å². The molecule has 1 aliphatic heterocycles. The van der Waals surface area contributed by atoms with Gasteiger partial charge in [-0.3, -0.25) is 9.69 Å². The van der Waals surface area contributed by atoms with Gasteiger partial charge in [-0.05, 0) is 29.7 Å². The molecule has 3 aromatic rings. The second-order valence-corrected chi connectivity index (χ2v) is 11.9. The Labute approximate surface area is 320 Å². The van der Waals surface area contributed by atoms with Crippen molar-refractivity contribution >= 4 is 28.7 Å². The number of aromatic amines is 1. The summed E-state index contributed by atoms with van der Waals surface area (Å²) in [7, 11) is 0. The van der Waals surface area contributed by atoms with Crippen LogP contribution in [0.1, 0.15) is 5.56 Å². The highest BCUT2D eigenvalue weighted by Crippen LogP contribution is 2.37. The van der Waals surface area contributed by atoms with Crippen molar-refractivity contribution in [3.63, 3.8) is 0 Å². The van der Waals surface area contributed by atoms with Crippen LogP contribution in [0.2, 0.25) is 0 Å². The third kappa shape index (κ3) is 15.3. The Morgan fingerprint density at radius 2 is 1.27 bits per heavy atom. The van der Waals surface area contributed by atoms with Crippen LogP contribution in [0.5, 0.6) is 0 Å². The Kier molecular flexibility index (Phi) is 19.3. The number of carbonyl (C=O) groups is 2. The maximum absolute atomic E-state index is 13.6. The van der Waals surface area contributed by atoms with Crippen LogP contribution in [0.25, 0.3) is 22.0 Å². The number of hydrogen-bond donors (Lipinski definition) is 2. The Morgan fingerprint density at radius 3 is 1.82 bits per heavy atom. The Morgan fingerprint density at radius 1 is 0.732 bits per heavy atom. The van der Waals surface area contributed by atoms with Crippen LogP contribution < -0.4 is 10.5 Å². The number of rotatable bonds is 27. The van der Waals surface area contributed by atoms with Gasteiger partial charge in [0.05, 0.1) is 111 Å². The van der Waals surface area contributed by atoms with Crippen molar-refractivity contribution in [1.82, 2.24) is 4.98 Å². The number of nitrogens with zero attached hydrogens (tertiary/aromatic N) is 1. The van der Waals surface area contributed by atoms with Crippen molar-refractivity contribution in [2.45, 2.75) is 12.3 Å². The van der Waals surface area contributed by atoms with Gasteiger partial charge in [0.15, 0.2) is 6.10 Å². The molecule has 1 aromatic heterocycles. The van der Waals surface area contributed by atoms with Gasteiger partial charge in [0.1, 0.15) is 13.2 Å². The van der Waals surface area contributed by atoms with Crippen LogP contribution >= 0.6 is 0 Å². The molecule has 1 atom stereocenters. The summed E-state index contributed by atoms with van der Waals surface area (Å²) >= 11 is 0. The van der Waals surface area contributed by atoms with E-state index in [0.29, 0.717) is 90.4 Å². The van der Waals surface area contributed by atoms with Crippen LogP contribution in [0.3, 0.4) is 0 Å². The third-order valence-electron chi connectivity index (χ3n) is 7.84. The maximum Gasteiger partial charge on any atom is 0.508 e. The standard InChI is InChI=1S/C37H47F3N2O14/c38-37(39,40)32-4-2-1-3-30(32)33-23-27-5-6-28(24-31(27)34(44)41-33)42-25-29(56-35(42)45)26-55-36(46)54-22-21-53-20-19-52-18-17-51-16-15-50-14-13-49-12-11-48-10-9-47-8-7-43/h1-6,23-24,29,43H,7-22,25-26H2,(H,41,44)/t29-/m0/s1. The number of hydrogen-bond acceptors (Lipinski definition) is 14. The predicted molar refractivity (Wildman–Crippen MR) is 193 cm³/mol. The number of ether oxygens (including phenoxy) is 10. The van der Waals surface area contributed by atoms with E-state index in [9.17, 15) is 27.6 Å². The molecular weight excluding hydrogens is 753 g/mol. The number of fused-ring (bicyclic) bond motifs is 1. The molecule has 1 fully saturated rings. The minimum absolute atomic E-state index is 0.00128. The number of carbonyl (C=O) groups excluding carboxylic acids is 2. The molecule has 56 heavy (non-hydrogen) atoms. The van der Waals surface area contributed by atoms with Crippen LogP contribution in [-0.4, -0.2) is 147 Å². The largest absolute Gasteiger partial charge is 0.508 e. The van der Waals surface area contributed by atoms with Gasteiger partial charge < -0.3 is 57.5 Å². The van der Waals surface area contributed by atoms with Crippen LogP contribution in [0, 0.1) is 0 Å². The molecule has 16 nitrogen and oxygen atoms in total. The molecule has 2 heterocycles. The molecule has 1 aliphatic rings. The zero-order valence-corrected chi connectivity index (χ0v) is 30.8. The first-order chi connectivity index (χ1) is 27.2. The van der Waals surface area contributed by atoms with Crippen LogP contribution in [0.15, 0.2) is 53.3 Å². The molecule has 0 radical (unpaired) electrons. The molecule has 0 spiro atoms. The highest BCUT2D eigenvalue weighted by atomic mass is 19.4. The van der Waals surface area contributed by atoms with Crippen molar-refractivity contribution < 1.29 is 75.2 Å². The molecule has 2 N–H and O–H groups in total. The van der Waals surface area contributed by atoms with Crippen molar-refractivity contribution in [2.75, 3.05) is 124 Å². The lowest BCUT2D eigenvalue weighted by atomic mass is 10.0. The summed E-state index contributed by atoms with van der Waals surface area (Å²) < 4.78 is 93.4. The number of nitrogens with one attached hydrogen (secondary N) is 1. The smallest absolute Gasteiger partial charge is 0.440 e. The highest BCUT2D eigenvalue weighted by Gasteiger charge is 2.35. The van der Waals surface area contributed by atoms with Crippen molar-refractivity contribution in [3.8, 4) is 11.3 Å². The third-order valence-corrected chi connectivity index (χ3v) is 7.84. The molecule has 0 bridgehead atoms. The number of H-pyrrole nitrogens is 1. The molecule has 2 aromatic carbocycles. The number of halogens is 3. The minimum Gasteiger partial charge on any atom is -0.440 e. The zero-order valence-electron chi connectivity index (χ0n) is 30.8. The minimum atomic E-state index is -4.62. The first-order valence-electron chi connectivity index (χ1n) is 17.9. The van der Waals surface area contributed by atoms with Crippen molar-refractivity contribution in [2.24, 2.45) is 0 Å². The van der Waals surface area contributed by atoms with Gasteiger partial charge in [0, 0.05) is 22.3 Å². The van der Waals surface area contributed by atoms with E-state index >= 15 is 0 Å². The number of aliphatic hydroxyl groups excluding tert-OH is 1. The average Bonchev–Trinajstić information content (AvgIpc) is 3.56. The average molecular weight is 801 g/mol. The fraction of sp³-hybridized carbons (Fsp3) is 0.541. The summed E-state index contributed by atoms with van der Waals surface area (Å²) in [4.78, 5) is 41.3. The number of anilines is 1. The number of aliphatic hydroxyl groups is 1. The van der Waals surface area contributed by atoms with Gasteiger partial charge in [0.25, 0.3) is 5.56 Å². The van der Waals surface area contributed by atoms with Crippen molar-refractivity contribution in [3.05, 3.63) is 64.4 Å². The van der Waals surface area contributed by atoms with Gasteiger partial charge in [-0.25, -0.2) is 9.59 Å². The molecule has 0 saturated carbocycles. The molecule has 19 heteroatoms. The Balaban J connectivity index is 1.00. The molecule has 310 valence electrons. The van der Waals surface area contributed by atoms with Gasteiger partial charge in [-0.2, -0.15) is 13.2 Å². The fourth-order valence-electron chi connectivity index (χ4n) is 5.22. The summed E-state index contributed by atoms with van der Waals surface area (Å²) in [6, 6.07) is 10.9. The zero-order chi connectivity index (χ0) is 40.0. The van der Waals surface area contributed by atoms with Gasteiger partial charge in [0.2, 0.25) is 0 Å². The SMILES string of the molecule is O=C(OCCOCCOCCOCCOCCOCCOCCOCCO)OC[C@@H]1CN(c2ccc3cc(-c4ccccc4C(F)(F)F)[nH]c(=O)c3c2)C(=O)O1. The number of pyridine rings is 1. The molecular formula is C37H47F3N2O14. The fourth-order valence-corrected chi connectivity index (χ4v) is 5.22. The van der Waals surface area contributed by atoms with E-state index < -0.39 is 35.7 Å².